The summed E-state index contributed by atoms with van der Waals surface area (Å²) in [6, 6.07) is 8.24. The number of H-pyrrole nitrogens is 1. The van der Waals surface area contributed by atoms with Gasteiger partial charge in [0.05, 0.1) is 29.6 Å². The van der Waals surface area contributed by atoms with Crippen molar-refractivity contribution < 1.29 is 13.9 Å². The van der Waals surface area contributed by atoms with E-state index in [1.54, 1.807) is 18.9 Å². The molecule has 5 rings (SSSR count). The topological polar surface area (TPSA) is 85.2 Å². The van der Waals surface area contributed by atoms with Gasteiger partial charge in [0.25, 0.3) is 0 Å². The largest absolute Gasteiger partial charge is 0.486 e. The number of nitrogens with one attached hydrogen (secondary N) is 2. The Morgan fingerprint density at radius 1 is 1.03 bits per heavy atom. The summed E-state index contributed by atoms with van der Waals surface area (Å²) in [5.74, 6) is 2.70. The maximum Gasteiger partial charge on any atom is 0.161 e. The average Bonchev–Trinajstić information content (AvgIpc) is 3.37. The maximum atomic E-state index is 5.78. The third kappa shape index (κ3) is 3.26. The Kier molecular flexibility index (Phi) is 4.58. The molecule has 154 valence electrons. The summed E-state index contributed by atoms with van der Waals surface area (Å²) in [6.07, 6.45) is 5.06. The Balaban J connectivity index is 1.51. The zero-order valence-electron chi connectivity index (χ0n) is 17.2. The molecule has 4 heterocycles. The van der Waals surface area contributed by atoms with Gasteiger partial charge in [-0.25, -0.2) is 9.97 Å². The molecule has 1 atom stereocenters. The first-order chi connectivity index (χ1) is 14.6. The number of aryl methyl sites for hydroxylation is 1. The van der Waals surface area contributed by atoms with Crippen LogP contribution < -0.4 is 14.8 Å². The number of hydrogen-bond donors (Lipinski definition) is 2. The summed E-state index contributed by atoms with van der Waals surface area (Å²) in [5.41, 5.74) is 4.96. The van der Waals surface area contributed by atoms with Crippen molar-refractivity contribution in [2.24, 2.45) is 5.92 Å². The van der Waals surface area contributed by atoms with Crippen LogP contribution in [-0.2, 0) is 0 Å². The fourth-order valence-corrected chi connectivity index (χ4v) is 3.87. The molecule has 0 radical (unpaired) electrons. The lowest BCUT2D eigenvalue weighted by Crippen LogP contribution is -2.19. The second kappa shape index (κ2) is 7.40. The van der Waals surface area contributed by atoms with Crippen molar-refractivity contribution in [3.63, 3.8) is 0 Å². The van der Waals surface area contributed by atoms with Crippen LogP contribution in [0.2, 0.25) is 0 Å². The number of hydrogen-bond acceptors (Lipinski definition) is 6. The number of ether oxygens (including phenoxy) is 2. The molecule has 0 amide bonds. The van der Waals surface area contributed by atoms with Crippen molar-refractivity contribution in [2.45, 2.75) is 26.8 Å². The van der Waals surface area contributed by atoms with E-state index < -0.39 is 0 Å². The molecule has 1 aliphatic rings. The van der Waals surface area contributed by atoms with E-state index in [0.29, 0.717) is 19.1 Å². The van der Waals surface area contributed by atoms with Gasteiger partial charge < -0.3 is 24.2 Å². The predicted molar refractivity (Wildman–Crippen MR) is 115 cm³/mol. The molecule has 2 N–H and O–H groups in total. The first kappa shape index (κ1) is 18.5. The molecular weight excluding hydrogens is 380 g/mol. The summed E-state index contributed by atoms with van der Waals surface area (Å²) in [7, 11) is 0. The van der Waals surface area contributed by atoms with Gasteiger partial charge in [0.2, 0.25) is 0 Å². The molecule has 4 aromatic rings. The Hall–Kier alpha value is -3.48. The molecular formula is C23H24N4O3. The van der Waals surface area contributed by atoms with Crippen molar-refractivity contribution >= 4 is 16.9 Å². The SMILES string of the molecule is Cc1cocc1-c1cc2c(N[C@@H](c3ccc4c(c3)OCCO4)C(C)C)ncnc2[nH]1. The minimum atomic E-state index is 0.0490. The first-order valence-corrected chi connectivity index (χ1v) is 10.1. The third-order valence-corrected chi connectivity index (χ3v) is 5.46. The number of furan rings is 1. The Labute approximate surface area is 174 Å². The monoisotopic (exact) mass is 404 g/mol. The molecule has 0 saturated heterocycles. The van der Waals surface area contributed by atoms with Gasteiger partial charge in [-0.05, 0) is 42.2 Å². The fourth-order valence-electron chi connectivity index (χ4n) is 3.87. The highest BCUT2D eigenvalue weighted by Crippen LogP contribution is 2.37. The Bertz CT molecular complexity index is 1190. The van der Waals surface area contributed by atoms with E-state index in [9.17, 15) is 0 Å². The van der Waals surface area contributed by atoms with Crippen molar-refractivity contribution in [3.05, 3.63) is 54.2 Å². The second-order valence-electron chi connectivity index (χ2n) is 7.91. The molecule has 0 bridgehead atoms. The van der Waals surface area contributed by atoms with Gasteiger partial charge in [-0.15, -0.1) is 0 Å². The van der Waals surface area contributed by atoms with Crippen LogP contribution in [-0.4, -0.2) is 28.2 Å². The number of nitrogens with zero attached hydrogens (tertiary/aromatic N) is 2. The molecule has 7 nitrogen and oxygen atoms in total. The van der Waals surface area contributed by atoms with Crippen LogP contribution >= 0.6 is 0 Å². The highest BCUT2D eigenvalue weighted by atomic mass is 16.6. The lowest BCUT2D eigenvalue weighted by Gasteiger charge is -2.26. The Morgan fingerprint density at radius 2 is 1.87 bits per heavy atom. The zero-order valence-corrected chi connectivity index (χ0v) is 17.2. The van der Waals surface area contributed by atoms with Crippen molar-refractivity contribution in [2.75, 3.05) is 18.5 Å². The number of benzene rings is 1. The van der Waals surface area contributed by atoms with E-state index in [1.165, 1.54) is 0 Å². The molecule has 0 spiro atoms. The normalized spacial score (nSPS) is 14.3. The van der Waals surface area contributed by atoms with Crippen LogP contribution in [0.25, 0.3) is 22.3 Å². The summed E-state index contributed by atoms with van der Waals surface area (Å²) in [5, 5.41) is 4.57. The van der Waals surface area contributed by atoms with E-state index in [2.05, 4.69) is 52.3 Å². The summed E-state index contributed by atoms with van der Waals surface area (Å²) < 4.78 is 16.8. The number of rotatable bonds is 5. The van der Waals surface area contributed by atoms with Crippen LogP contribution in [0.15, 0.2) is 47.5 Å². The number of anilines is 1. The molecule has 30 heavy (non-hydrogen) atoms. The van der Waals surface area contributed by atoms with Crippen molar-refractivity contribution in [1.82, 2.24) is 15.0 Å². The second-order valence-corrected chi connectivity index (χ2v) is 7.91. The molecule has 1 aromatic carbocycles. The van der Waals surface area contributed by atoms with Gasteiger partial charge in [0.1, 0.15) is 31.0 Å². The van der Waals surface area contributed by atoms with Crippen LogP contribution in [0.3, 0.4) is 0 Å². The smallest absolute Gasteiger partial charge is 0.161 e. The van der Waals surface area contributed by atoms with E-state index in [-0.39, 0.29) is 6.04 Å². The summed E-state index contributed by atoms with van der Waals surface area (Å²) in [4.78, 5) is 12.3. The van der Waals surface area contributed by atoms with Gasteiger partial charge in [-0.3, -0.25) is 0 Å². The fraction of sp³-hybridized carbons (Fsp3) is 0.304. The zero-order chi connectivity index (χ0) is 20.7. The Morgan fingerprint density at radius 3 is 2.63 bits per heavy atom. The van der Waals surface area contributed by atoms with E-state index >= 15 is 0 Å². The summed E-state index contributed by atoms with van der Waals surface area (Å²) in [6.45, 7) is 7.55. The van der Waals surface area contributed by atoms with E-state index in [4.69, 9.17) is 13.9 Å². The van der Waals surface area contributed by atoms with Crippen LogP contribution in [0, 0.1) is 12.8 Å². The van der Waals surface area contributed by atoms with E-state index in [1.807, 2.05) is 13.0 Å². The highest BCUT2D eigenvalue weighted by Gasteiger charge is 2.22. The number of aromatic nitrogens is 3. The van der Waals surface area contributed by atoms with E-state index in [0.717, 1.165) is 50.7 Å². The van der Waals surface area contributed by atoms with Gasteiger partial charge in [-0.2, -0.15) is 0 Å². The average molecular weight is 404 g/mol. The van der Waals surface area contributed by atoms with Crippen molar-refractivity contribution in [1.29, 1.82) is 0 Å². The van der Waals surface area contributed by atoms with Gasteiger partial charge in [0.15, 0.2) is 11.5 Å². The van der Waals surface area contributed by atoms with Gasteiger partial charge in [0, 0.05) is 5.56 Å². The number of fused-ring (bicyclic) bond motifs is 2. The molecule has 0 aliphatic carbocycles. The predicted octanol–water partition coefficient (Wildman–Crippen LogP) is 5.11. The number of aromatic amines is 1. The lowest BCUT2D eigenvalue weighted by molar-refractivity contribution is 0.171. The maximum absolute atomic E-state index is 5.78. The summed E-state index contributed by atoms with van der Waals surface area (Å²) >= 11 is 0. The highest BCUT2D eigenvalue weighted by molar-refractivity contribution is 5.91. The minimum absolute atomic E-state index is 0.0490. The minimum Gasteiger partial charge on any atom is -0.486 e. The van der Waals surface area contributed by atoms with Crippen LogP contribution in [0.1, 0.15) is 31.0 Å². The van der Waals surface area contributed by atoms with Crippen LogP contribution in [0.5, 0.6) is 11.5 Å². The molecule has 0 saturated carbocycles. The van der Waals surface area contributed by atoms with Crippen LogP contribution in [0.4, 0.5) is 5.82 Å². The molecule has 7 heteroatoms. The van der Waals surface area contributed by atoms with Gasteiger partial charge in [-0.1, -0.05) is 19.9 Å². The molecule has 3 aromatic heterocycles. The first-order valence-electron chi connectivity index (χ1n) is 10.1. The standard InChI is InChI=1S/C23H24N4O3/c1-13(2)21(15-4-5-19-20(8-15)30-7-6-29-19)27-23-16-9-18(17-11-28-10-14(17)3)26-22(16)24-12-25-23/h4-5,8-13,21H,6-7H2,1-3H3,(H2,24,25,26,27)/t21-/m1/s1. The lowest BCUT2D eigenvalue weighted by atomic mass is 9.95. The molecule has 0 unspecified atom stereocenters. The molecule has 0 fully saturated rings. The third-order valence-electron chi connectivity index (χ3n) is 5.46. The quantitative estimate of drug-likeness (QED) is 0.481. The van der Waals surface area contributed by atoms with Gasteiger partial charge >= 0.3 is 0 Å². The molecule has 1 aliphatic heterocycles. The van der Waals surface area contributed by atoms with Crippen molar-refractivity contribution in [3.8, 4) is 22.8 Å².